The van der Waals surface area contributed by atoms with Crippen LogP contribution in [0.3, 0.4) is 0 Å². The molecule has 0 fully saturated rings. The second-order valence-corrected chi connectivity index (χ2v) is 3.15. The lowest BCUT2D eigenvalue weighted by Gasteiger charge is -2.09. The first-order valence-corrected chi connectivity index (χ1v) is 5.21. The Balaban J connectivity index is 3.47. The Kier molecular flexibility index (Phi) is 8.24. The first kappa shape index (κ1) is 13.2. The van der Waals surface area contributed by atoms with E-state index >= 15 is 0 Å². The highest BCUT2D eigenvalue weighted by Crippen LogP contribution is 2.00. The summed E-state index contributed by atoms with van der Waals surface area (Å²) in [5.41, 5.74) is 0. The van der Waals surface area contributed by atoms with Crippen LogP contribution in [0.4, 0.5) is 0 Å². The number of unbranched alkanes of at least 4 members (excludes halogenated alkanes) is 1. The first-order chi connectivity index (χ1) is 6.72. The smallest absolute Gasteiger partial charge is 0.332 e. The summed E-state index contributed by atoms with van der Waals surface area (Å²) in [6.07, 6.45) is 7.04. The molecule has 0 aliphatic carbocycles. The van der Waals surface area contributed by atoms with Crippen molar-refractivity contribution < 1.29 is 14.6 Å². The third-order valence-electron chi connectivity index (χ3n) is 1.87. The molecule has 0 bridgehead atoms. The molecule has 0 aliphatic rings. The van der Waals surface area contributed by atoms with Crippen molar-refractivity contribution in [2.75, 3.05) is 6.61 Å². The van der Waals surface area contributed by atoms with E-state index in [1.807, 2.05) is 13.0 Å². The zero-order valence-electron chi connectivity index (χ0n) is 9.03. The molecule has 82 valence electrons. The largest absolute Gasteiger partial charge is 0.479 e. The van der Waals surface area contributed by atoms with Crippen molar-refractivity contribution >= 4 is 5.97 Å². The molecule has 0 spiro atoms. The zero-order chi connectivity index (χ0) is 10.8. The number of carbonyl (C=O) groups is 1. The zero-order valence-corrected chi connectivity index (χ0v) is 9.03. The summed E-state index contributed by atoms with van der Waals surface area (Å²) in [6, 6.07) is 0. The Morgan fingerprint density at radius 2 is 2.00 bits per heavy atom. The first-order valence-electron chi connectivity index (χ1n) is 5.21. The third-order valence-corrected chi connectivity index (χ3v) is 1.87. The molecule has 0 heterocycles. The van der Waals surface area contributed by atoms with Gasteiger partial charge in [-0.3, -0.25) is 0 Å². The maximum atomic E-state index is 10.6. The van der Waals surface area contributed by atoms with Gasteiger partial charge in [0, 0.05) is 0 Å². The van der Waals surface area contributed by atoms with Crippen molar-refractivity contribution in [3.8, 4) is 0 Å². The Morgan fingerprint density at radius 1 is 1.36 bits per heavy atom. The minimum absolute atomic E-state index is 0.491. The van der Waals surface area contributed by atoms with Crippen LogP contribution in [0.15, 0.2) is 12.2 Å². The number of allylic oxidation sites excluding steroid dienone is 1. The van der Waals surface area contributed by atoms with Gasteiger partial charge in [0.2, 0.25) is 0 Å². The summed E-state index contributed by atoms with van der Waals surface area (Å²) < 4.78 is 5.18. The van der Waals surface area contributed by atoms with Gasteiger partial charge in [0.05, 0.1) is 6.61 Å². The van der Waals surface area contributed by atoms with Crippen LogP contribution in [0.5, 0.6) is 0 Å². The number of carboxylic acids is 1. The molecule has 0 radical (unpaired) electrons. The fourth-order valence-corrected chi connectivity index (χ4v) is 1.04. The van der Waals surface area contributed by atoms with Crippen LogP contribution in [0.1, 0.15) is 39.5 Å². The molecule has 0 aliphatic heterocycles. The molecule has 0 aromatic rings. The van der Waals surface area contributed by atoms with Crippen molar-refractivity contribution in [2.24, 2.45) is 0 Å². The van der Waals surface area contributed by atoms with Crippen LogP contribution in [0.2, 0.25) is 0 Å². The summed E-state index contributed by atoms with van der Waals surface area (Å²) >= 11 is 0. The van der Waals surface area contributed by atoms with Crippen LogP contribution in [-0.4, -0.2) is 23.8 Å². The summed E-state index contributed by atoms with van der Waals surface area (Å²) in [6.45, 7) is 4.43. The van der Waals surface area contributed by atoms with Gasteiger partial charge in [-0.15, -0.1) is 0 Å². The van der Waals surface area contributed by atoms with Gasteiger partial charge in [-0.2, -0.15) is 0 Å². The quantitative estimate of drug-likeness (QED) is 0.484. The van der Waals surface area contributed by atoms with Crippen molar-refractivity contribution in [1.82, 2.24) is 0 Å². The summed E-state index contributed by atoms with van der Waals surface area (Å²) in [7, 11) is 0. The minimum atomic E-state index is -0.870. The number of hydrogen-bond acceptors (Lipinski definition) is 2. The Bertz CT molecular complexity index is 175. The predicted molar refractivity (Wildman–Crippen MR) is 56.3 cm³/mol. The van der Waals surface area contributed by atoms with Crippen molar-refractivity contribution in [2.45, 2.75) is 45.6 Å². The Morgan fingerprint density at radius 3 is 2.50 bits per heavy atom. The van der Waals surface area contributed by atoms with Crippen molar-refractivity contribution in [3.63, 3.8) is 0 Å². The van der Waals surface area contributed by atoms with E-state index in [1.165, 1.54) is 0 Å². The molecular formula is C11H20O3. The standard InChI is InChI=1S/C11H20O3/c1-3-5-6-7-8-9-14-10(4-2)11(12)13/h6-7,10H,3-5,8-9H2,1-2H3,(H,12,13)/b7-6-. The molecule has 0 aromatic heterocycles. The van der Waals surface area contributed by atoms with E-state index < -0.39 is 12.1 Å². The minimum Gasteiger partial charge on any atom is -0.479 e. The van der Waals surface area contributed by atoms with Crippen LogP contribution in [0.25, 0.3) is 0 Å². The van der Waals surface area contributed by atoms with E-state index in [2.05, 4.69) is 13.0 Å². The SMILES string of the molecule is CCC/C=C\CCOC(CC)C(=O)O. The van der Waals surface area contributed by atoms with Crippen LogP contribution in [-0.2, 0) is 9.53 Å². The monoisotopic (exact) mass is 200 g/mol. The molecule has 0 aromatic carbocycles. The van der Waals surface area contributed by atoms with Gasteiger partial charge in [-0.25, -0.2) is 4.79 Å². The average Bonchev–Trinajstić information content (AvgIpc) is 2.16. The van der Waals surface area contributed by atoms with E-state index in [1.54, 1.807) is 0 Å². The molecule has 1 atom stereocenters. The molecule has 0 saturated carbocycles. The van der Waals surface area contributed by atoms with E-state index in [0.717, 1.165) is 19.3 Å². The van der Waals surface area contributed by atoms with E-state index in [9.17, 15) is 4.79 Å². The average molecular weight is 200 g/mol. The molecule has 3 nitrogen and oxygen atoms in total. The lowest BCUT2D eigenvalue weighted by Crippen LogP contribution is -2.23. The van der Waals surface area contributed by atoms with Crippen molar-refractivity contribution in [1.29, 1.82) is 0 Å². The molecular weight excluding hydrogens is 180 g/mol. The lowest BCUT2D eigenvalue weighted by atomic mass is 10.2. The number of hydrogen-bond donors (Lipinski definition) is 1. The highest BCUT2D eigenvalue weighted by molar-refractivity contribution is 5.72. The molecule has 14 heavy (non-hydrogen) atoms. The molecule has 0 amide bonds. The van der Waals surface area contributed by atoms with Crippen LogP contribution < -0.4 is 0 Å². The van der Waals surface area contributed by atoms with E-state index in [4.69, 9.17) is 9.84 Å². The normalized spacial score (nSPS) is 13.3. The van der Waals surface area contributed by atoms with E-state index in [-0.39, 0.29) is 0 Å². The van der Waals surface area contributed by atoms with Gasteiger partial charge >= 0.3 is 5.97 Å². The molecule has 0 saturated heterocycles. The fourth-order valence-electron chi connectivity index (χ4n) is 1.04. The Hall–Kier alpha value is -0.830. The molecule has 1 unspecified atom stereocenters. The third kappa shape index (κ3) is 6.66. The summed E-state index contributed by atoms with van der Waals surface area (Å²) in [5, 5.41) is 8.67. The molecule has 0 rings (SSSR count). The second kappa shape index (κ2) is 8.75. The van der Waals surface area contributed by atoms with Crippen LogP contribution in [0, 0.1) is 0 Å². The fraction of sp³-hybridized carbons (Fsp3) is 0.727. The van der Waals surface area contributed by atoms with Gasteiger partial charge in [0.25, 0.3) is 0 Å². The maximum Gasteiger partial charge on any atom is 0.332 e. The summed E-state index contributed by atoms with van der Waals surface area (Å²) in [4.78, 5) is 10.6. The molecule has 3 heteroatoms. The van der Waals surface area contributed by atoms with E-state index in [0.29, 0.717) is 13.0 Å². The van der Waals surface area contributed by atoms with Gasteiger partial charge < -0.3 is 9.84 Å². The highest BCUT2D eigenvalue weighted by Gasteiger charge is 2.13. The van der Waals surface area contributed by atoms with Crippen LogP contribution >= 0.6 is 0 Å². The van der Waals surface area contributed by atoms with Gasteiger partial charge in [0.15, 0.2) is 6.10 Å². The molecule has 1 N–H and O–H groups in total. The van der Waals surface area contributed by atoms with Crippen molar-refractivity contribution in [3.05, 3.63) is 12.2 Å². The second-order valence-electron chi connectivity index (χ2n) is 3.15. The number of ether oxygens (including phenoxy) is 1. The van der Waals surface area contributed by atoms with Gasteiger partial charge in [-0.1, -0.05) is 32.4 Å². The number of rotatable bonds is 8. The number of carboxylic acid groups (broad SMARTS) is 1. The number of aliphatic carboxylic acids is 1. The Labute approximate surface area is 85.8 Å². The summed E-state index contributed by atoms with van der Waals surface area (Å²) in [5.74, 6) is -0.870. The topological polar surface area (TPSA) is 46.5 Å². The maximum absolute atomic E-state index is 10.6. The van der Waals surface area contributed by atoms with Gasteiger partial charge in [-0.05, 0) is 19.3 Å². The predicted octanol–water partition coefficient (Wildman–Crippen LogP) is 2.61. The van der Waals surface area contributed by atoms with Gasteiger partial charge in [0.1, 0.15) is 0 Å². The lowest BCUT2D eigenvalue weighted by molar-refractivity contribution is -0.150. The highest BCUT2D eigenvalue weighted by atomic mass is 16.5.